The molecule has 1 aromatic carbocycles. The van der Waals surface area contributed by atoms with Crippen LogP contribution in [0.2, 0.25) is 0 Å². The quantitative estimate of drug-likeness (QED) is 0.733. The number of nitrogens with zero attached hydrogens (tertiary/aromatic N) is 2. The summed E-state index contributed by atoms with van der Waals surface area (Å²) in [4.78, 5) is 18.9. The Morgan fingerprint density at radius 1 is 1.08 bits per heavy atom. The Hall–Kier alpha value is -2.45. The smallest absolute Gasteiger partial charge is 0.251 e. The molecule has 1 amide bonds. The summed E-state index contributed by atoms with van der Waals surface area (Å²) in [5, 5.41) is 2.81. The van der Waals surface area contributed by atoms with Gasteiger partial charge < -0.3 is 10.2 Å². The minimum Gasteiger partial charge on any atom is -0.357 e. The SMILES string of the molecule is CCN(CC)c1ccc(CNC(=O)c2ccc(S(=O)(=O)NC)cc2)cn1. The van der Waals surface area contributed by atoms with Crippen LogP contribution >= 0.6 is 0 Å². The minimum atomic E-state index is -3.51. The molecule has 0 saturated heterocycles. The molecule has 1 heterocycles. The fraction of sp³-hybridized carbons (Fsp3) is 0.333. The molecule has 0 bridgehead atoms. The summed E-state index contributed by atoms with van der Waals surface area (Å²) in [5.41, 5.74) is 1.29. The summed E-state index contributed by atoms with van der Waals surface area (Å²) >= 11 is 0. The highest BCUT2D eigenvalue weighted by Crippen LogP contribution is 2.12. The van der Waals surface area contributed by atoms with E-state index in [9.17, 15) is 13.2 Å². The Kier molecular flexibility index (Phi) is 6.70. The van der Waals surface area contributed by atoms with Crippen LogP contribution in [0.1, 0.15) is 29.8 Å². The van der Waals surface area contributed by atoms with Crippen LogP contribution in [0.3, 0.4) is 0 Å². The highest BCUT2D eigenvalue weighted by molar-refractivity contribution is 7.89. The van der Waals surface area contributed by atoms with Crippen LogP contribution in [0.5, 0.6) is 0 Å². The summed E-state index contributed by atoms with van der Waals surface area (Å²) in [6.45, 7) is 6.28. The van der Waals surface area contributed by atoms with Crippen molar-refractivity contribution in [3.8, 4) is 0 Å². The van der Waals surface area contributed by atoms with E-state index in [0.717, 1.165) is 24.5 Å². The van der Waals surface area contributed by atoms with Gasteiger partial charge in [0.25, 0.3) is 5.91 Å². The Morgan fingerprint density at radius 3 is 2.23 bits per heavy atom. The van der Waals surface area contributed by atoms with Crippen molar-refractivity contribution < 1.29 is 13.2 Å². The van der Waals surface area contributed by atoms with Gasteiger partial charge in [-0.15, -0.1) is 0 Å². The summed E-state index contributed by atoms with van der Waals surface area (Å²) in [5.74, 6) is 0.637. The van der Waals surface area contributed by atoms with Crippen molar-refractivity contribution in [2.75, 3.05) is 25.0 Å². The maximum atomic E-state index is 12.2. The summed E-state index contributed by atoms with van der Waals surface area (Å²) in [6.07, 6.45) is 1.75. The van der Waals surface area contributed by atoms with E-state index in [1.54, 1.807) is 6.20 Å². The Labute approximate surface area is 154 Å². The molecule has 0 aliphatic heterocycles. The number of hydrogen-bond acceptors (Lipinski definition) is 5. The summed E-state index contributed by atoms with van der Waals surface area (Å²) < 4.78 is 25.6. The van der Waals surface area contributed by atoms with E-state index in [1.807, 2.05) is 12.1 Å². The second-order valence-corrected chi connectivity index (χ2v) is 7.50. The van der Waals surface area contributed by atoms with Crippen molar-refractivity contribution in [2.45, 2.75) is 25.3 Å². The van der Waals surface area contributed by atoms with E-state index in [1.165, 1.54) is 31.3 Å². The van der Waals surface area contributed by atoms with Gasteiger partial charge in [0.1, 0.15) is 5.82 Å². The molecule has 0 fully saturated rings. The third-order valence-corrected chi connectivity index (χ3v) is 5.48. The van der Waals surface area contributed by atoms with E-state index in [0.29, 0.717) is 12.1 Å². The molecular formula is C18H24N4O3S. The van der Waals surface area contributed by atoms with E-state index in [-0.39, 0.29) is 10.8 Å². The van der Waals surface area contributed by atoms with Crippen molar-refractivity contribution in [1.82, 2.24) is 15.0 Å². The minimum absolute atomic E-state index is 0.118. The van der Waals surface area contributed by atoms with Crippen LogP contribution in [0.15, 0.2) is 47.5 Å². The van der Waals surface area contributed by atoms with Gasteiger partial charge in [-0.05, 0) is 56.8 Å². The summed E-state index contributed by atoms with van der Waals surface area (Å²) in [6, 6.07) is 9.65. The lowest BCUT2D eigenvalue weighted by Crippen LogP contribution is -2.24. The van der Waals surface area contributed by atoms with Gasteiger partial charge in [0.15, 0.2) is 0 Å². The monoisotopic (exact) mass is 376 g/mol. The third-order valence-electron chi connectivity index (χ3n) is 4.05. The lowest BCUT2D eigenvalue weighted by atomic mass is 10.2. The molecule has 0 radical (unpaired) electrons. The maximum absolute atomic E-state index is 12.2. The molecule has 26 heavy (non-hydrogen) atoms. The zero-order chi connectivity index (χ0) is 19.2. The van der Waals surface area contributed by atoms with E-state index >= 15 is 0 Å². The Balaban J connectivity index is 1.98. The largest absolute Gasteiger partial charge is 0.357 e. The second-order valence-electron chi connectivity index (χ2n) is 5.61. The number of carbonyl (C=O) groups is 1. The Bertz CT molecular complexity index is 830. The molecule has 2 aromatic rings. The molecule has 0 aliphatic carbocycles. The van der Waals surface area contributed by atoms with Crippen LogP contribution in [0.25, 0.3) is 0 Å². The number of carbonyl (C=O) groups excluding carboxylic acids is 1. The van der Waals surface area contributed by atoms with Gasteiger partial charge in [-0.1, -0.05) is 6.07 Å². The topological polar surface area (TPSA) is 91.4 Å². The van der Waals surface area contributed by atoms with Crippen LogP contribution in [0, 0.1) is 0 Å². The number of sulfonamides is 1. The molecule has 2 rings (SSSR count). The molecule has 0 saturated carbocycles. The summed E-state index contributed by atoms with van der Waals surface area (Å²) in [7, 11) is -2.16. The number of pyridine rings is 1. The molecule has 0 atom stereocenters. The number of nitrogens with one attached hydrogen (secondary N) is 2. The van der Waals surface area contributed by atoms with Gasteiger partial charge >= 0.3 is 0 Å². The lowest BCUT2D eigenvalue weighted by Gasteiger charge is -2.19. The number of aromatic nitrogens is 1. The first-order valence-corrected chi connectivity index (χ1v) is 9.91. The van der Waals surface area contributed by atoms with Gasteiger partial charge in [-0.25, -0.2) is 18.1 Å². The zero-order valence-electron chi connectivity index (χ0n) is 15.2. The number of benzene rings is 1. The highest BCUT2D eigenvalue weighted by atomic mass is 32.2. The van der Waals surface area contributed by atoms with Crippen molar-refractivity contribution >= 4 is 21.7 Å². The van der Waals surface area contributed by atoms with Gasteiger partial charge in [-0.3, -0.25) is 4.79 Å². The molecule has 140 valence electrons. The molecule has 0 spiro atoms. The van der Waals surface area contributed by atoms with Crippen LogP contribution in [-0.2, 0) is 16.6 Å². The van der Waals surface area contributed by atoms with Crippen LogP contribution in [-0.4, -0.2) is 39.4 Å². The molecule has 1 aromatic heterocycles. The molecule has 7 nitrogen and oxygen atoms in total. The molecule has 0 aliphatic rings. The lowest BCUT2D eigenvalue weighted by molar-refractivity contribution is 0.0951. The van der Waals surface area contributed by atoms with Crippen LogP contribution < -0.4 is 14.9 Å². The van der Waals surface area contributed by atoms with Gasteiger partial charge in [0.05, 0.1) is 4.90 Å². The average molecular weight is 376 g/mol. The number of anilines is 1. The fourth-order valence-electron chi connectivity index (χ4n) is 2.44. The molecule has 8 heteroatoms. The number of amides is 1. The van der Waals surface area contributed by atoms with Gasteiger partial charge in [-0.2, -0.15) is 0 Å². The maximum Gasteiger partial charge on any atom is 0.251 e. The average Bonchev–Trinajstić information content (AvgIpc) is 2.68. The predicted octanol–water partition coefficient (Wildman–Crippen LogP) is 1.77. The molecule has 0 unspecified atom stereocenters. The normalized spacial score (nSPS) is 11.2. The highest BCUT2D eigenvalue weighted by Gasteiger charge is 2.12. The van der Waals surface area contributed by atoms with E-state index in [4.69, 9.17) is 0 Å². The first kappa shape index (κ1) is 19.9. The molecular weight excluding hydrogens is 352 g/mol. The first-order valence-electron chi connectivity index (χ1n) is 8.43. The standard InChI is InChI=1S/C18H24N4O3S/c1-4-22(5-2)17-11-6-14(12-20-17)13-21-18(23)15-7-9-16(10-8-15)26(24,25)19-3/h6-12,19H,4-5,13H2,1-3H3,(H,21,23). The van der Waals surface area contributed by atoms with Crippen LogP contribution in [0.4, 0.5) is 5.82 Å². The van der Waals surface area contributed by atoms with Crippen molar-refractivity contribution in [2.24, 2.45) is 0 Å². The van der Waals surface area contributed by atoms with E-state index in [2.05, 4.69) is 33.8 Å². The zero-order valence-corrected chi connectivity index (χ0v) is 16.0. The van der Waals surface area contributed by atoms with Gasteiger partial charge in [0.2, 0.25) is 10.0 Å². The first-order chi connectivity index (χ1) is 12.4. The fourth-order valence-corrected chi connectivity index (χ4v) is 3.17. The van der Waals surface area contributed by atoms with Gasteiger partial charge in [0, 0.05) is 31.4 Å². The number of rotatable bonds is 8. The third kappa shape index (κ3) is 4.80. The predicted molar refractivity (Wildman–Crippen MR) is 102 cm³/mol. The van der Waals surface area contributed by atoms with Crippen molar-refractivity contribution in [3.63, 3.8) is 0 Å². The van der Waals surface area contributed by atoms with E-state index < -0.39 is 10.0 Å². The van der Waals surface area contributed by atoms with Crippen molar-refractivity contribution in [3.05, 3.63) is 53.7 Å². The molecule has 2 N–H and O–H groups in total. The Morgan fingerprint density at radius 2 is 1.73 bits per heavy atom. The van der Waals surface area contributed by atoms with Crippen molar-refractivity contribution in [1.29, 1.82) is 0 Å². The second kappa shape index (κ2) is 8.77. The number of hydrogen-bond donors (Lipinski definition) is 2.